The lowest BCUT2D eigenvalue weighted by Gasteiger charge is -2.25. The molecule has 412 valence electrons. The Kier molecular flexibility index (Phi) is 93.8. The van der Waals surface area contributed by atoms with Crippen LogP contribution in [0.5, 0.6) is 0 Å². The van der Waals surface area contributed by atoms with Crippen LogP contribution in [0.1, 0.15) is 152 Å². The highest BCUT2D eigenvalue weighted by atomic mass is 35.5. The third-order valence-electron chi connectivity index (χ3n) is 10.9. The first-order chi connectivity index (χ1) is 31.0. The molecule has 0 aromatic carbocycles. The summed E-state index contributed by atoms with van der Waals surface area (Å²) in [6.45, 7) is 37.4. The Morgan fingerprint density at radius 2 is 1.09 bits per heavy atom. The zero-order valence-corrected chi connectivity index (χ0v) is 50.4. The van der Waals surface area contributed by atoms with E-state index in [1.54, 1.807) is 35.5 Å². The molecule has 67 heavy (non-hydrogen) atoms. The first-order valence-electron chi connectivity index (χ1n) is 25.6. The van der Waals surface area contributed by atoms with Gasteiger partial charge in [0.15, 0.2) is 0 Å². The van der Waals surface area contributed by atoms with Gasteiger partial charge in [-0.2, -0.15) is 11.8 Å². The highest BCUT2D eigenvalue weighted by Crippen LogP contribution is 2.17. The molecule has 1 aromatic heterocycles. The Bertz CT molecular complexity index is 891. The topological polar surface area (TPSA) is 86.8 Å². The number of aromatic nitrogens is 1. The quantitative estimate of drug-likeness (QED) is 0.0570. The fourth-order valence-electron chi connectivity index (χ4n) is 5.82. The highest BCUT2D eigenvalue weighted by molar-refractivity contribution is 7.99. The summed E-state index contributed by atoms with van der Waals surface area (Å²) in [5.41, 5.74) is 1.33. The van der Waals surface area contributed by atoms with Crippen molar-refractivity contribution in [2.75, 3.05) is 140 Å². The number of nitrogens with zero attached hydrogens (tertiary/aromatic N) is 3. The van der Waals surface area contributed by atoms with Gasteiger partial charge in [0.1, 0.15) is 0 Å². The minimum atomic E-state index is 0. The standard InChI is InChI=1S/C11H17NO.2C10H22O.C8H17NOS.C8H19NO.C4H11NO.C2H6.3ClH/c1-13-9-4-2-3-6-11-7-5-8-12-10-11;2*1-9(2)10(3)7-5-6-8-11-4;1-10-6-2-3-9-4-7-11-8-5-9;1-4-9(5-2)7-6-8-10-3;1-3-6-4-5-2;1-2;;;/h5,7-8,10H,2-4,6,9H2,1H3;2*9-10H,5-8H2,1-4H3;2-8H2,1H3;4-8H2,1-3H3;5H,3-4H2,1-2H3;1-2H3;3*1H. The van der Waals surface area contributed by atoms with E-state index in [-0.39, 0.29) is 37.2 Å². The van der Waals surface area contributed by atoms with Gasteiger partial charge in [0, 0.05) is 125 Å². The van der Waals surface area contributed by atoms with Crippen LogP contribution in [0.4, 0.5) is 0 Å². The lowest BCUT2D eigenvalue weighted by Crippen LogP contribution is -2.33. The van der Waals surface area contributed by atoms with E-state index in [2.05, 4.69) is 93.3 Å². The van der Waals surface area contributed by atoms with E-state index in [9.17, 15) is 0 Å². The van der Waals surface area contributed by atoms with Crippen LogP contribution < -0.4 is 5.32 Å². The van der Waals surface area contributed by atoms with Gasteiger partial charge in [-0.05, 0) is 107 Å². The van der Waals surface area contributed by atoms with Crippen molar-refractivity contribution in [1.82, 2.24) is 20.1 Å². The molecule has 0 amide bonds. The van der Waals surface area contributed by atoms with Crippen molar-refractivity contribution in [1.29, 1.82) is 0 Å². The number of aryl methyl sites for hydroxylation is 1. The van der Waals surface area contributed by atoms with E-state index in [1.807, 2.05) is 46.3 Å². The molecular formula is C53H117Cl3N4O6S. The second-order valence-electron chi connectivity index (χ2n) is 16.7. The van der Waals surface area contributed by atoms with Crippen LogP contribution in [0, 0.1) is 23.7 Å². The summed E-state index contributed by atoms with van der Waals surface area (Å²) in [6.07, 6.45) is 18.6. The number of hydrogen-bond acceptors (Lipinski definition) is 11. The van der Waals surface area contributed by atoms with Crippen LogP contribution in [-0.4, -0.2) is 155 Å². The predicted molar refractivity (Wildman–Crippen MR) is 306 cm³/mol. The lowest BCUT2D eigenvalue weighted by atomic mass is 9.93. The molecule has 2 unspecified atom stereocenters. The van der Waals surface area contributed by atoms with Crippen molar-refractivity contribution in [3.8, 4) is 0 Å². The first-order valence-corrected chi connectivity index (χ1v) is 26.7. The molecule has 0 aliphatic carbocycles. The molecule has 1 N–H and O–H groups in total. The number of nitrogens with one attached hydrogen (secondary N) is 1. The number of pyridine rings is 1. The van der Waals surface area contributed by atoms with Crippen LogP contribution in [0.2, 0.25) is 0 Å². The van der Waals surface area contributed by atoms with Crippen molar-refractivity contribution >= 4 is 49.0 Å². The average molecular weight is 1040 g/mol. The first kappa shape index (κ1) is 83.9. The number of unbranched alkanes of at least 4 members (excludes halogenated alkanes) is 4. The number of halogens is 3. The van der Waals surface area contributed by atoms with Gasteiger partial charge in [-0.15, -0.1) is 37.2 Å². The second-order valence-corrected chi connectivity index (χ2v) is 18.0. The molecular weight excluding hydrogens is 927 g/mol. The van der Waals surface area contributed by atoms with Crippen LogP contribution in [-0.2, 0) is 34.8 Å². The van der Waals surface area contributed by atoms with Crippen LogP contribution in [0.25, 0.3) is 0 Å². The van der Waals surface area contributed by atoms with E-state index in [0.29, 0.717) is 6.73 Å². The zero-order valence-electron chi connectivity index (χ0n) is 47.1. The van der Waals surface area contributed by atoms with E-state index >= 15 is 0 Å². The summed E-state index contributed by atoms with van der Waals surface area (Å²) >= 11 is 2.06. The normalized spacial score (nSPS) is 12.4. The van der Waals surface area contributed by atoms with Crippen molar-refractivity contribution < 1.29 is 28.4 Å². The van der Waals surface area contributed by atoms with Crippen molar-refractivity contribution in [2.45, 2.75) is 153 Å². The average Bonchev–Trinajstić information content (AvgIpc) is 3.32. The Balaban J connectivity index is -0.000000103. The lowest BCUT2D eigenvalue weighted by molar-refractivity contribution is 0.134. The van der Waals surface area contributed by atoms with Crippen LogP contribution in [0.3, 0.4) is 0 Å². The van der Waals surface area contributed by atoms with Crippen molar-refractivity contribution in [2.24, 2.45) is 23.7 Å². The number of ether oxygens (including phenoxy) is 6. The summed E-state index contributed by atoms with van der Waals surface area (Å²) in [4.78, 5) is 9.00. The summed E-state index contributed by atoms with van der Waals surface area (Å²) in [6, 6.07) is 4.12. The third kappa shape index (κ3) is 75.1. The fourth-order valence-corrected chi connectivity index (χ4v) is 6.80. The maximum absolute atomic E-state index is 5.00. The van der Waals surface area contributed by atoms with E-state index in [4.69, 9.17) is 28.4 Å². The van der Waals surface area contributed by atoms with Crippen LogP contribution >= 0.6 is 49.0 Å². The molecule has 1 aliphatic rings. The Hall–Kier alpha value is 0.01000. The van der Waals surface area contributed by atoms with E-state index in [0.717, 1.165) is 95.7 Å². The van der Waals surface area contributed by atoms with Gasteiger partial charge in [-0.1, -0.05) is 107 Å². The van der Waals surface area contributed by atoms with Gasteiger partial charge in [0.25, 0.3) is 0 Å². The van der Waals surface area contributed by atoms with Crippen LogP contribution in [0.15, 0.2) is 24.5 Å². The monoisotopic (exact) mass is 1040 g/mol. The molecule has 10 nitrogen and oxygen atoms in total. The van der Waals surface area contributed by atoms with Crippen molar-refractivity contribution in [3.63, 3.8) is 0 Å². The molecule has 2 atom stereocenters. The molecule has 2 rings (SSSR count). The minimum Gasteiger partial charge on any atom is -0.385 e. The molecule has 1 aliphatic heterocycles. The minimum absolute atomic E-state index is 0. The largest absolute Gasteiger partial charge is 0.385 e. The Morgan fingerprint density at radius 3 is 1.46 bits per heavy atom. The third-order valence-corrected chi connectivity index (χ3v) is 11.9. The zero-order chi connectivity index (χ0) is 49.3. The molecule has 1 aromatic rings. The fraction of sp³-hybridized carbons (Fsp3) is 0.906. The molecule has 1 saturated heterocycles. The van der Waals surface area contributed by atoms with E-state index < -0.39 is 0 Å². The predicted octanol–water partition coefficient (Wildman–Crippen LogP) is 13.6. The number of rotatable bonds is 31. The summed E-state index contributed by atoms with van der Waals surface area (Å²) in [5.74, 6) is 6.02. The highest BCUT2D eigenvalue weighted by Gasteiger charge is 2.09. The molecule has 0 bridgehead atoms. The van der Waals surface area contributed by atoms with Gasteiger partial charge in [0.2, 0.25) is 0 Å². The molecule has 1 fully saturated rings. The number of methoxy groups -OCH3 is 5. The van der Waals surface area contributed by atoms with Crippen molar-refractivity contribution in [3.05, 3.63) is 30.1 Å². The number of hydrogen-bond donors (Lipinski definition) is 1. The second kappa shape index (κ2) is 74.9. The smallest absolute Gasteiger partial charge is 0.0962 e. The Morgan fingerprint density at radius 1 is 0.642 bits per heavy atom. The van der Waals surface area contributed by atoms with Gasteiger partial charge in [0.05, 0.1) is 6.73 Å². The molecule has 0 spiro atoms. The maximum atomic E-state index is 5.00. The van der Waals surface area contributed by atoms with E-state index in [1.165, 1.54) is 101 Å². The van der Waals surface area contributed by atoms with Gasteiger partial charge in [-0.25, -0.2) is 0 Å². The Labute approximate surface area is 442 Å². The van der Waals surface area contributed by atoms with Gasteiger partial charge >= 0.3 is 0 Å². The van der Waals surface area contributed by atoms with Gasteiger partial charge in [-0.3, -0.25) is 10.3 Å². The molecule has 14 heteroatoms. The number of thioether (sulfide) groups is 1. The van der Waals surface area contributed by atoms with Gasteiger partial charge < -0.3 is 38.2 Å². The maximum Gasteiger partial charge on any atom is 0.0962 e. The molecule has 0 saturated carbocycles. The SMILES string of the molecule is CC.CCN(CC)CCCOC.CCOCNC.COCCCCC(C)C(C)C.COCCCCC(C)C(C)C.COCCCCCc1cccnc1.COCCCN1CCSCC1.Cl.Cl.Cl. The molecule has 0 radical (unpaired) electrons. The molecule has 2 heterocycles. The summed E-state index contributed by atoms with van der Waals surface area (Å²) in [7, 11) is 10.7. The summed E-state index contributed by atoms with van der Waals surface area (Å²) < 4.78 is 29.8. The summed E-state index contributed by atoms with van der Waals surface area (Å²) in [5, 5.41) is 2.85.